The molecule has 4 aromatic rings. The summed E-state index contributed by atoms with van der Waals surface area (Å²) in [5.41, 5.74) is 4.39. The van der Waals surface area contributed by atoms with E-state index in [1.807, 2.05) is 48.5 Å². The molecule has 29 heavy (non-hydrogen) atoms. The van der Waals surface area contributed by atoms with Gasteiger partial charge in [0.1, 0.15) is 37.7 Å². The maximum atomic E-state index is 6.24. The maximum absolute atomic E-state index is 6.24. The summed E-state index contributed by atoms with van der Waals surface area (Å²) in [5, 5.41) is 0. The molecule has 0 radical (unpaired) electrons. The summed E-state index contributed by atoms with van der Waals surface area (Å²) in [6, 6.07) is 15.6. The van der Waals surface area contributed by atoms with E-state index in [0.717, 1.165) is 56.5 Å². The van der Waals surface area contributed by atoms with Gasteiger partial charge in [0.2, 0.25) is 0 Å². The van der Waals surface area contributed by atoms with E-state index < -0.39 is 0 Å². The number of benzene rings is 2. The number of fused-ring (bicyclic) bond motifs is 3. The van der Waals surface area contributed by atoms with Gasteiger partial charge < -0.3 is 23.4 Å². The van der Waals surface area contributed by atoms with Crippen molar-refractivity contribution < 1.29 is 23.4 Å². The minimum absolute atomic E-state index is 0.548. The number of hydrogen-bond acceptors (Lipinski definition) is 6. The second-order valence-electron chi connectivity index (χ2n) is 6.90. The Morgan fingerprint density at radius 2 is 1.24 bits per heavy atom. The number of rotatable bonds is 2. The van der Waals surface area contributed by atoms with Crippen molar-refractivity contribution in [2.45, 2.75) is 0 Å². The molecule has 0 aliphatic carbocycles. The fraction of sp³-hybridized carbons (Fsp3) is 0.174. The molecule has 0 amide bonds. The predicted molar refractivity (Wildman–Crippen MR) is 107 cm³/mol. The summed E-state index contributed by atoms with van der Waals surface area (Å²) in [4.78, 5) is 4.48. The van der Waals surface area contributed by atoms with E-state index in [1.54, 1.807) is 6.20 Å². The van der Waals surface area contributed by atoms with Crippen LogP contribution in [0.2, 0.25) is 0 Å². The Morgan fingerprint density at radius 3 is 1.97 bits per heavy atom. The van der Waals surface area contributed by atoms with Crippen LogP contribution in [0.4, 0.5) is 0 Å². The van der Waals surface area contributed by atoms with Crippen molar-refractivity contribution in [3.63, 3.8) is 0 Å². The fourth-order valence-electron chi connectivity index (χ4n) is 3.72. The highest BCUT2D eigenvalue weighted by atomic mass is 16.6. The highest BCUT2D eigenvalue weighted by molar-refractivity contribution is 5.93. The average molecular weight is 387 g/mol. The van der Waals surface area contributed by atoms with E-state index in [4.69, 9.17) is 23.4 Å². The van der Waals surface area contributed by atoms with Gasteiger partial charge in [-0.2, -0.15) is 0 Å². The van der Waals surface area contributed by atoms with Gasteiger partial charge in [-0.25, -0.2) is 0 Å². The van der Waals surface area contributed by atoms with Crippen LogP contribution in [-0.4, -0.2) is 31.4 Å². The molecule has 2 aliphatic heterocycles. The van der Waals surface area contributed by atoms with Crippen molar-refractivity contribution in [2.75, 3.05) is 26.4 Å². The summed E-state index contributed by atoms with van der Waals surface area (Å²) < 4.78 is 28.9. The molecule has 0 saturated heterocycles. The number of nitrogens with zero attached hydrogens (tertiary/aromatic N) is 1. The molecule has 2 aromatic heterocycles. The molecule has 0 atom stereocenters. The molecule has 4 heterocycles. The van der Waals surface area contributed by atoms with E-state index in [9.17, 15) is 0 Å². The Morgan fingerprint density at radius 1 is 0.621 bits per heavy atom. The number of aromatic nitrogens is 1. The van der Waals surface area contributed by atoms with Gasteiger partial charge in [-0.3, -0.25) is 4.98 Å². The van der Waals surface area contributed by atoms with Gasteiger partial charge in [0, 0.05) is 23.4 Å². The molecule has 0 bridgehead atoms. The van der Waals surface area contributed by atoms with Crippen molar-refractivity contribution in [2.24, 2.45) is 0 Å². The molecule has 2 aromatic carbocycles. The first-order chi connectivity index (χ1) is 14.3. The lowest BCUT2D eigenvalue weighted by molar-refractivity contribution is 0.171. The SMILES string of the molecule is c1cc(-c2ccc3c(c2)OCCO3)c2oc(-c3ccc4c(c3)OCCO4)cc2n1. The lowest BCUT2D eigenvalue weighted by Gasteiger charge is -2.19. The smallest absolute Gasteiger partial charge is 0.162 e. The molecule has 0 spiro atoms. The third kappa shape index (κ3) is 2.76. The second kappa shape index (κ2) is 6.44. The first-order valence-electron chi connectivity index (χ1n) is 9.54. The summed E-state index contributed by atoms with van der Waals surface area (Å²) >= 11 is 0. The Bertz CT molecular complexity index is 1230. The Hall–Kier alpha value is -3.67. The van der Waals surface area contributed by atoms with E-state index in [0.29, 0.717) is 26.4 Å². The summed E-state index contributed by atoms with van der Waals surface area (Å²) in [6.45, 7) is 2.24. The largest absolute Gasteiger partial charge is 0.486 e. The molecular formula is C23H17NO5. The third-order valence-corrected chi connectivity index (χ3v) is 5.09. The van der Waals surface area contributed by atoms with Gasteiger partial charge in [-0.15, -0.1) is 0 Å². The Balaban J connectivity index is 1.45. The second-order valence-corrected chi connectivity index (χ2v) is 6.90. The fourth-order valence-corrected chi connectivity index (χ4v) is 3.72. The topological polar surface area (TPSA) is 63.0 Å². The van der Waals surface area contributed by atoms with Crippen LogP contribution in [0.1, 0.15) is 0 Å². The van der Waals surface area contributed by atoms with Gasteiger partial charge in [0.05, 0.1) is 0 Å². The number of furan rings is 1. The minimum atomic E-state index is 0.548. The molecular weight excluding hydrogens is 370 g/mol. The molecule has 6 rings (SSSR count). The van der Waals surface area contributed by atoms with E-state index in [2.05, 4.69) is 4.98 Å². The zero-order valence-electron chi connectivity index (χ0n) is 15.5. The Kier molecular flexibility index (Phi) is 3.62. The lowest BCUT2D eigenvalue weighted by atomic mass is 10.1. The number of pyridine rings is 1. The molecule has 0 saturated carbocycles. The molecule has 6 heteroatoms. The maximum Gasteiger partial charge on any atom is 0.162 e. The van der Waals surface area contributed by atoms with Gasteiger partial charge in [-0.1, -0.05) is 6.07 Å². The summed E-state index contributed by atoms with van der Waals surface area (Å²) in [5.74, 6) is 3.73. The monoisotopic (exact) mass is 387 g/mol. The van der Waals surface area contributed by atoms with Crippen LogP contribution in [0.3, 0.4) is 0 Å². The van der Waals surface area contributed by atoms with Crippen LogP contribution < -0.4 is 18.9 Å². The van der Waals surface area contributed by atoms with Gasteiger partial charge in [-0.05, 0) is 42.0 Å². The molecule has 0 N–H and O–H groups in total. The minimum Gasteiger partial charge on any atom is -0.486 e. The van der Waals surface area contributed by atoms with Crippen molar-refractivity contribution in [3.05, 3.63) is 54.7 Å². The highest BCUT2D eigenvalue weighted by Gasteiger charge is 2.18. The van der Waals surface area contributed by atoms with E-state index in [1.165, 1.54) is 0 Å². The zero-order chi connectivity index (χ0) is 19.2. The predicted octanol–water partition coefficient (Wildman–Crippen LogP) is 4.70. The number of ether oxygens (including phenoxy) is 4. The van der Waals surface area contributed by atoms with Gasteiger partial charge in [0.25, 0.3) is 0 Å². The van der Waals surface area contributed by atoms with Gasteiger partial charge in [0.15, 0.2) is 28.6 Å². The van der Waals surface area contributed by atoms with Crippen molar-refractivity contribution >= 4 is 11.1 Å². The first-order valence-corrected chi connectivity index (χ1v) is 9.54. The average Bonchev–Trinajstić information content (AvgIpc) is 3.23. The van der Waals surface area contributed by atoms with E-state index >= 15 is 0 Å². The quantitative estimate of drug-likeness (QED) is 0.497. The highest BCUT2D eigenvalue weighted by Crippen LogP contribution is 2.40. The van der Waals surface area contributed by atoms with Gasteiger partial charge >= 0.3 is 0 Å². The lowest BCUT2D eigenvalue weighted by Crippen LogP contribution is -2.15. The summed E-state index contributed by atoms with van der Waals surface area (Å²) in [6.07, 6.45) is 1.79. The molecule has 144 valence electrons. The molecule has 0 unspecified atom stereocenters. The van der Waals surface area contributed by atoms with Crippen LogP contribution in [0.5, 0.6) is 23.0 Å². The third-order valence-electron chi connectivity index (χ3n) is 5.09. The molecule has 6 nitrogen and oxygen atoms in total. The van der Waals surface area contributed by atoms with Crippen molar-refractivity contribution in [3.8, 4) is 45.4 Å². The molecule has 2 aliphatic rings. The van der Waals surface area contributed by atoms with Crippen LogP contribution >= 0.6 is 0 Å². The van der Waals surface area contributed by atoms with E-state index in [-0.39, 0.29) is 0 Å². The van der Waals surface area contributed by atoms with Crippen LogP contribution in [0, 0.1) is 0 Å². The first kappa shape index (κ1) is 16.3. The Labute approximate surface area is 166 Å². The van der Waals surface area contributed by atoms with Crippen LogP contribution in [0.15, 0.2) is 59.1 Å². The summed E-state index contributed by atoms with van der Waals surface area (Å²) in [7, 11) is 0. The number of hydrogen-bond donors (Lipinski definition) is 0. The van der Waals surface area contributed by atoms with Crippen LogP contribution in [0.25, 0.3) is 33.6 Å². The van der Waals surface area contributed by atoms with Crippen LogP contribution in [-0.2, 0) is 0 Å². The van der Waals surface area contributed by atoms with Crippen molar-refractivity contribution in [1.29, 1.82) is 0 Å². The normalized spacial score (nSPS) is 14.8. The zero-order valence-corrected chi connectivity index (χ0v) is 15.5. The van der Waals surface area contributed by atoms with Crippen molar-refractivity contribution in [1.82, 2.24) is 4.98 Å². The molecule has 0 fully saturated rings. The standard InChI is InChI=1S/C23H17NO5/c1-3-18-21(27-9-7-25-18)11-14(1)16-5-6-24-17-13-20(29-23(16)17)15-2-4-19-22(12-15)28-10-8-26-19/h1-6,11-13H,7-10H2.